The lowest BCUT2D eigenvalue weighted by Gasteiger charge is -2.12. The number of rotatable bonds is 7. The Balaban J connectivity index is 1.85. The van der Waals surface area contributed by atoms with E-state index in [-0.39, 0.29) is 12.5 Å². The molecular weight excluding hydrogens is 466 g/mol. The van der Waals surface area contributed by atoms with Gasteiger partial charge in [-0.3, -0.25) is 4.79 Å². The Morgan fingerprint density at radius 1 is 1.20 bits per heavy atom. The zero-order valence-corrected chi connectivity index (χ0v) is 19.0. The Morgan fingerprint density at radius 2 is 1.93 bits per heavy atom. The van der Waals surface area contributed by atoms with Crippen molar-refractivity contribution < 1.29 is 14.3 Å². The van der Waals surface area contributed by atoms with Gasteiger partial charge in [0.15, 0.2) is 23.3 Å². The summed E-state index contributed by atoms with van der Waals surface area (Å²) >= 11 is 4.78. The highest BCUT2D eigenvalue weighted by Crippen LogP contribution is 2.37. The van der Waals surface area contributed by atoms with E-state index < -0.39 is 0 Å². The number of halogens is 1. The summed E-state index contributed by atoms with van der Waals surface area (Å²) in [7, 11) is 0. The molecule has 1 aliphatic heterocycles. The summed E-state index contributed by atoms with van der Waals surface area (Å²) < 4.78 is 11.8. The zero-order valence-electron chi connectivity index (χ0n) is 16.6. The smallest absolute Gasteiger partial charge is 0.264 e. The molecule has 0 saturated carbocycles. The first kappa shape index (κ1) is 21.9. The van der Waals surface area contributed by atoms with Gasteiger partial charge in [-0.25, -0.2) is 4.99 Å². The maximum Gasteiger partial charge on any atom is 0.264 e. The van der Waals surface area contributed by atoms with Crippen LogP contribution in [0.15, 0.2) is 50.8 Å². The largest absolute Gasteiger partial charge is 0.490 e. The van der Waals surface area contributed by atoms with Gasteiger partial charge in [-0.05, 0) is 66.6 Å². The molecule has 0 bridgehead atoms. The molecule has 0 spiro atoms. The number of nitrogens with zero attached hydrogens (tertiary/aromatic N) is 2. The number of nitrogens with one attached hydrogen (secondary N) is 1. The summed E-state index contributed by atoms with van der Waals surface area (Å²) in [6, 6.07) is 13.4. The van der Waals surface area contributed by atoms with Crippen molar-refractivity contribution in [3.63, 3.8) is 0 Å². The van der Waals surface area contributed by atoms with Gasteiger partial charge in [-0.1, -0.05) is 35.0 Å². The molecule has 0 aliphatic carbocycles. The van der Waals surface area contributed by atoms with Gasteiger partial charge < -0.3 is 14.8 Å². The maximum absolute atomic E-state index is 12.4. The number of hydrogen-bond donors (Lipinski definition) is 1. The van der Waals surface area contributed by atoms with E-state index in [1.54, 1.807) is 18.2 Å². The number of ether oxygens (including phenoxy) is 2. The van der Waals surface area contributed by atoms with Crippen LogP contribution < -0.4 is 14.8 Å². The summed E-state index contributed by atoms with van der Waals surface area (Å²) in [5.74, 6) is 0.767. The van der Waals surface area contributed by atoms with Crippen LogP contribution in [0.5, 0.6) is 11.5 Å². The van der Waals surface area contributed by atoms with Crippen molar-refractivity contribution in [3.8, 4) is 17.6 Å². The van der Waals surface area contributed by atoms with Crippen LogP contribution in [0.4, 0.5) is 5.69 Å². The average Bonchev–Trinajstić information content (AvgIpc) is 3.08. The van der Waals surface area contributed by atoms with Gasteiger partial charge in [-0.2, -0.15) is 5.26 Å². The average molecular weight is 486 g/mol. The van der Waals surface area contributed by atoms with E-state index in [0.717, 1.165) is 22.1 Å². The number of aryl methyl sites for hydroxylation is 1. The maximum atomic E-state index is 12.4. The Morgan fingerprint density at radius 3 is 2.60 bits per heavy atom. The summed E-state index contributed by atoms with van der Waals surface area (Å²) in [6.45, 7) is 4.33. The molecule has 0 atom stereocenters. The summed E-state index contributed by atoms with van der Waals surface area (Å²) in [5, 5.41) is 12.1. The molecule has 8 heteroatoms. The van der Waals surface area contributed by atoms with E-state index >= 15 is 0 Å². The van der Waals surface area contributed by atoms with Crippen molar-refractivity contribution in [3.05, 3.63) is 56.9 Å². The zero-order chi connectivity index (χ0) is 21.5. The molecule has 3 rings (SSSR count). The third-order valence-corrected chi connectivity index (χ3v) is 5.76. The van der Waals surface area contributed by atoms with E-state index in [1.807, 2.05) is 37.3 Å². The Hall–Kier alpha value is -2.76. The van der Waals surface area contributed by atoms with Gasteiger partial charge in [0.1, 0.15) is 6.07 Å². The third kappa shape index (κ3) is 5.43. The van der Waals surface area contributed by atoms with E-state index in [0.29, 0.717) is 28.2 Å². The number of amidine groups is 1. The number of amides is 1. The van der Waals surface area contributed by atoms with Crippen LogP contribution in [-0.4, -0.2) is 24.3 Å². The first-order chi connectivity index (χ1) is 14.5. The second-order valence-corrected chi connectivity index (χ2v) is 8.09. The van der Waals surface area contributed by atoms with Crippen LogP contribution in [0.3, 0.4) is 0 Å². The first-order valence-electron chi connectivity index (χ1n) is 9.38. The van der Waals surface area contributed by atoms with Gasteiger partial charge >= 0.3 is 0 Å². The predicted octanol–water partition coefficient (Wildman–Crippen LogP) is 5.20. The molecule has 0 aromatic heterocycles. The van der Waals surface area contributed by atoms with Crippen molar-refractivity contribution in [1.29, 1.82) is 5.26 Å². The van der Waals surface area contributed by atoms with Gasteiger partial charge in [0, 0.05) is 4.47 Å². The minimum atomic E-state index is -0.210. The lowest BCUT2D eigenvalue weighted by Crippen LogP contribution is -2.19. The van der Waals surface area contributed by atoms with Crippen LogP contribution in [0.25, 0.3) is 6.08 Å². The fraction of sp³-hybridized carbons (Fsp3) is 0.227. The SMILES string of the molecule is CCOc1cc(/C=C2\SC(=Nc3ccc(CC)cc3)NC2=O)c(Br)cc1OCC#N. The highest BCUT2D eigenvalue weighted by atomic mass is 79.9. The number of carbonyl (C=O) groups is 1. The second-order valence-electron chi connectivity index (χ2n) is 6.20. The molecule has 2 aromatic rings. The third-order valence-electron chi connectivity index (χ3n) is 4.17. The monoisotopic (exact) mass is 485 g/mol. The highest BCUT2D eigenvalue weighted by Gasteiger charge is 2.24. The Labute approximate surface area is 188 Å². The topological polar surface area (TPSA) is 83.7 Å². The molecule has 6 nitrogen and oxygen atoms in total. The van der Waals surface area contributed by atoms with Gasteiger partial charge in [0.05, 0.1) is 17.2 Å². The minimum absolute atomic E-state index is 0.0791. The minimum Gasteiger partial charge on any atom is -0.490 e. The quantitative estimate of drug-likeness (QED) is 0.544. The van der Waals surface area contributed by atoms with Crippen LogP contribution >= 0.6 is 27.7 Å². The lowest BCUT2D eigenvalue weighted by atomic mass is 10.2. The number of carbonyl (C=O) groups excluding carboxylic acids is 1. The van der Waals surface area contributed by atoms with Crippen LogP contribution in [0, 0.1) is 11.3 Å². The molecule has 1 heterocycles. The molecule has 1 fully saturated rings. The standard InChI is InChI=1S/C22H20BrN3O3S/c1-3-14-5-7-16(8-6-14)25-22-26-21(27)20(30-22)12-15-11-18(28-4-2)19(13-17(15)23)29-10-9-24/h5-8,11-13H,3-4,10H2,1-2H3,(H,25,26,27)/b20-12-. The Bertz CT molecular complexity index is 1040. The fourth-order valence-electron chi connectivity index (χ4n) is 2.70. The predicted molar refractivity (Wildman–Crippen MR) is 123 cm³/mol. The van der Waals surface area contributed by atoms with Crippen molar-refractivity contribution in [1.82, 2.24) is 5.32 Å². The van der Waals surface area contributed by atoms with Gasteiger partial charge in [0.25, 0.3) is 5.91 Å². The number of hydrogen-bond acceptors (Lipinski definition) is 6. The molecule has 0 unspecified atom stereocenters. The molecule has 1 saturated heterocycles. The normalized spacial score (nSPS) is 15.9. The van der Waals surface area contributed by atoms with E-state index in [2.05, 4.69) is 33.2 Å². The van der Waals surface area contributed by atoms with Crippen molar-refractivity contribution in [2.24, 2.45) is 4.99 Å². The molecule has 30 heavy (non-hydrogen) atoms. The van der Waals surface area contributed by atoms with Crippen molar-refractivity contribution in [2.75, 3.05) is 13.2 Å². The van der Waals surface area contributed by atoms with E-state index in [1.165, 1.54) is 17.3 Å². The first-order valence-corrected chi connectivity index (χ1v) is 11.0. The van der Waals surface area contributed by atoms with E-state index in [4.69, 9.17) is 14.7 Å². The molecule has 1 amide bonds. The molecule has 1 aliphatic rings. The van der Waals surface area contributed by atoms with Crippen LogP contribution in [0.1, 0.15) is 25.0 Å². The summed E-state index contributed by atoms with van der Waals surface area (Å²) in [6.07, 6.45) is 2.73. The summed E-state index contributed by atoms with van der Waals surface area (Å²) in [5.41, 5.74) is 2.78. The number of aliphatic imine (C=N–C) groups is 1. The Kier molecular flexibility index (Phi) is 7.55. The summed E-state index contributed by atoms with van der Waals surface area (Å²) in [4.78, 5) is 17.5. The second kappa shape index (κ2) is 10.3. The number of benzene rings is 2. The van der Waals surface area contributed by atoms with Crippen molar-refractivity contribution >= 4 is 50.5 Å². The van der Waals surface area contributed by atoms with Gasteiger partial charge in [-0.15, -0.1) is 0 Å². The number of thioether (sulfide) groups is 1. The van der Waals surface area contributed by atoms with Crippen LogP contribution in [0.2, 0.25) is 0 Å². The molecule has 154 valence electrons. The molecule has 0 radical (unpaired) electrons. The molecule has 2 aromatic carbocycles. The molecule has 1 N–H and O–H groups in total. The lowest BCUT2D eigenvalue weighted by molar-refractivity contribution is -0.115. The highest BCUT2D eigenvalue weighted by molar-refractivity contribution is 9.10. The number of nitriles is 1. The fourth-order valence-corrected chi connectivity index (χ4v) is 3.97. The van der Waals surface area contributed by atoms with Gasteiger partial charge in [0.2, 0.25) is 0 Å². The van der Waals surface area contributed by atoms with E-state index in [9.17, 15) is 4.79 Å². The van der Waals surface area contributed by atoms with Crippen molar-refractivity contribution in [2.45, 2.75) is 20.3 Å². The van der Waals surface area contributed by atoms with Crippen LogP contribution in [-0.2, 0) is 11.2 Å². The molecular formula is C22H20BrN3O3S.